The van der Waals surface area contributed by atoms with Gasteiger partial charge in [0.1, 0.15) is 0 Å². The van der Waals surface area contributed by atoms with Gasteiger partial charge in [-0.1, -0.05) is 43.2 Å². The van der Waals surface area contributed by atoms with Gasteiger partial charge >= 0.3 is 6.09 Å². The number of amides is 2. The molecule has 1 heterocycles. The molecule has 0 aromatic heterocycles. The van der Waals surface area contributed by atoms with Crippen LogP contribution in [0.4, 0.5) is 4.79 Å². The van der Waals surface area contributed by atoms with Gasteiger partial charge in [0.2, 0.25) is 5.91 Å². The second-order valence-corrected chi connectivity index (χ2v) is 6.63. The third-order valence-electron chi connectivity index (χ3n) is 5.29. The zero-order valence-corrected chi connectivity index (χ0v) is 14.4. The Hall–Kier alpha value is -2.04. The highest BCUT2D eigenvalue weighted by molar-refractivity contribution is 5.89. The van der Waals surface area contributed by atoms with Gasteiger partial charge in [-0.15, -0.1) is 0 Å². The van der Waals surface area contributed by atoms with Crippen LogP contribution in [0.25, 0.3) is 0 Å². The van der Waals surface area contributed by atoms with Crippen LogP contribution < -0.4 is 0 Å². The molecule has 2 amide bonds. The lowest BCUT2D eigenvalue weighted by Gasteiger charge is -2.39. The number of carbonyl (C=O) groups excluding carboxylic acids is 2. The van der Waals surface area contributed by atoms with Crippen molar-refractivity contribution in [3.8, 4) is 0 Å². The summed E-state index contributed by atoms with van der Waals surface area (Å²) in [6.07, 6.45) is 3.78. The molecule has 2 fully saturated rings. The summed E-state index contributed by atoms with van der Waals surface area (Å²) in [4.78, 5) is 28.8. The molecule has 1 aliphatic carbocycles. The molecular formula is C19H26N2O3. The quantitative estimate of drug-likeness (QED) is 0.856. The average Bonchev–Trinajstić information content (AvgIpc) is 3.13. The van der Waals surface area contributed by atoms with Crippen molar-refractivity contribution in [3.63, 3.8) is 0 Å². The molecule has 1 aromatic rings. The van der Waals surface area contributed by atoms with Crippen molar-refractivity contribution < 1.29 is 14.3 Å². The van der Waals surface area contributed by atoms with Crippen LogP contribution in [0.5, 0.6) is 0 Å². The lowest BCUT2D eigenvalue weighted by Crippen LogP contribution is -2.55. The molecule has 3 rings (SSSR count). The van der Waals surface area contributed by atoms with E-state index in [9.17, 15) is 9.59 Å². The molecule has 5 nitrogen and oxygen atoms in total. The molecule has 5 heteroatoms. The summed E-state index contributed by atoms with van der Waals surface area (Å²) in [6.45, 7) is 4.47. The van der Waals surface area contributed by atoms with Crippen molar-refractivity contribution in [3.05, 3.63) is 35.9 Å². The van der Waals surface area contributed by atoms with Crippen LogP contribution in [0.15, 0.2) is 30.3 Å². The molecule has 24 heavy (non-hydrogen) atoms. The number of ether oxygens (including phenoxy) is 1. The largest absolute Gasteiger partial charge is 0.450 e. The van der Waals surface area contributed by atoms with E-state index in [0.717, 1.165) is 31.2 Å². The second-order valence-electron chi connectivity index (χ2n) is 6.63. The molecule has 0 spiro atoms. The molecule has 2 aliphatic rings. The summed E-state index contributed by atoms with van der Waals surface area (Å²) in [6, 6.07) is 10.2. The van der Waals surface area contributed by atoms with Crippen molar-refractivity contribution in [2.24, 2.45) is 0 Å². The Morgan fingerprint density at radius 1 is 1.00 bits per heavy atom. The predicted octanol–water partition coefficient (Wildman–Crippen LogP) is 2.80. The lowest BCUT2D eigenvalue weighted by atomic mass is 9.77. The minimum atomic E-state index is -0.368. The predicted molar refractivity (Wildman–Crippen MR) is 91.8 cm³/mol. The van der Waals surface area contributed by atoms with E-state index in [1.54, 1.807) is 11.8 Å². The summed E-state index contributed by atoms with van der Waals surface area (Å²) in [7, 11) is 0. The van der Waals surface area contributed by atoms with Gasteiger partial charge in [-0.05, 0) is 25.3 Å². The Balaban J connectivity index is 1.71. The lowest BCUT2D eigenvalue weighted by molar-refractivity contribution is -0.139. The van der Waals surface area contributed by atoms with E-state index in [0.29, 0.717) is 32.8 Å². The standard InChI is InChI=1S/C19H26N2O3/c1-2-24-18(23)21-14-12-20(13-15-21)17(22)19(10-6-7-11-19)16-8-4-3-5-9-16/h3-5,8-9H,2,6-7,10-15H2,1H3. The Labute approximate surface area is 143 Å². The van der Waals surface area contributed by atoms with E-state index in [2.05, 4.69) is 12.1 Å². The zero-order chi connectivity index (χ0) is 17.0. The molecule has 0 bridgehead atoms. The van der Waals surface area contributed by atoms with Crippen molar-refractivity contribution in [1.82, 2.24) is 9.80 Å². The second kappa shape index (κ2) is 7.24. The van der Waals surface area contributed by atoms with Gasteiger partial charge < -0.3 is 14.5 Å². The molecule has 0 atom stereocenters. The maximum absolute atomic E-state index is 13.3. The molecule has 1 aliphatic heterocycles. The third-order valence-corrected chi connectivity index (χ3v) is 5.29. The van der Waals surface area contributed by atoms with Gasteiger partial charge in [-0.2, -0.15) is 0 Å². The summed E-state index contributed by atoms with van der Waals surface area (Å²) in [5.74, 6) is 0.231. The number of hydrogen-bond donors (Lipinski definition) is 0. The number of rotatable bonds is 3. The van der Waals surface area contributed by atoms with Gasteiger partial charge in [0.25, 0.3) is 0 Å². The van der Waals surface area contributed by atoms with Crippen LogP contribution in [-0.2, 0) is 14.9 Å². The molecule has 1 saturated carbocycles. The smallest absolute Gasteiger partial charge is 0.409 e. The molecule has 1 saturated heterocycles. The monoisotopic (exact) mass is 330 g/mol. The van der Waals surface area contributed by atoms with Gasteiger partial charge in [0.05, 0.1) is 12.0 Å². The number of carbonyl (C=O) groups is 2. The molecule has 1 aromatic carbocycles. The number of hydrogen-bond acceptors (Lipinski definition) is 3. The van der Waals surface area contributed by atoms with Crippen LogP contribution in [0.2, 0.25) is 0 Å². The topological polar surface area (TPSA) is 49.9 Å². The normalized spacial score (nSPS) is 20.0. The first-order valence-corrected chi connectivity index (χ1v) is 8.94. The number of piperazine rings is 1. The SMILES string of the molecule is CCOC(=O)N1CCN(C(=O)C2(c3ccccc3)CCCC2)CC1. The third kappa shape index (κ3) is 3.12. The summed E-state index contributed by atoms with van der Waals surface area (Å²) >= 11 is 0. The van der Waals surface area contributed by atoms with Crippen LogP contribution in [0.1, 0.15) is 38.2 Å². The van der Waals surface area contributed by atoms with E-state index in [-0.39, 0.29) is 17.4 Å². The molecule has 0 radical (unpaired) electrons. The number of benzene rings is 1. The Morgan fingerprint density at radius 2 is 1.58 bits per heavy atom. The summed E-state index contributed by atoms with van der Waals surface area (Å²) in [5.41, 5.74) is 0.771. The van der Waals surface area contributed by atoms with E-state index in [1.807, 2.05) is 23.1 Å². The van der Waals surface area contributed by atoms with Crippen molar-refractivity contribution in [2.75, 3.05) is 32.8 Å². The van der Waals surface area contributed by atoms with Crippen LogP contribution in [0, 0.1) is 0 Å². The maximum Gasteiger partial charge on any atom is 0.409 e. The summed E-state index contributed by atoms with van der Waals surface area (Å²) < 4.78 is 5.05. The molecular weight excluding hydrogens is 304 g/mol. The van der Waals surface area contributed by atoms with E-state index in [1.165, 1.54) is 0 Å². The van der Waals surface area contributed by atoms with Crippen molar-refractivity contribution >= 4 is 12.0 Å². The fourth-order valence-electron chi connectivity index (χ4n) is 3.97. The van der Waals surface area contributed by atoms with Crippen LogP contribution >= 0.6 is 0 Å². The van der Waals surface area contributed by atoms with Crippen molar-refractivity contribution in [2.45, 2.75) is 38.0 Å². The van der Waals surface area contributed by atoms with E-state index < -0.39 is 0 Å². The first-order valence-electron chi connectivity index (χ1n) is 8.94. The van der Waals surface area contributed by atoms with Gasteiger partial charge in [-0.25, -0.2) is 4.79 Å². The number of nitrogens with zero attached hydrogens (tertiary/aromatic N) is 2. The minimum absolute atomic E-state index is 0.231. The highest BCUT2D eigenvalue weighted by atomic mass is 16.6. The highest BCUT2D eigenvalue weighted by Crippen LogP contribution is 2.42. The summed E-state index contributed by atoms with van der Waals surface area (Å²) in [5, 5.41) is 0. The first kappa shape index (κ1) is 16.8. The van der Waals surface area contributed by atoms with Crippen molar-refractivity contribution in [1.29, 1.82) is 0 Å². The fraction of sp³-hybridized carbons (Fsp3) is 0.579. The van der Waals surface area contributed by atoms with E-state index in [4.69, 9.17) is 4.74 Å². The zero-order valence-electron chi connectivity index (χ0n) is 14.4. The van der Waals surface area contributed by atoms with Gasteiger partial charge in [0, 0.05) is 26.2 Å². The molecule has 0 unspecified atom stereocenters. The van der Waals surface area contributed by atoms with Crippen LogP contribution in [-0.4, -0.2) is 54.6 Å². The van der Waals surface area contributed by atoms with Gasteiger partial charge in [-0.3, -0.25) is 4.79 Å². The van der Waals surface area contributed by atoms with Gasteiger partial charge in [0.15, 0.2) is 0 Å². The Kier molecular flexibility index (Phi) is 5.07. The van der Waals surface area contributed by atoms with E-state index >= 15 is 0 Å². The average molecular weight is 330 g/mol. The Bertz CT molecular complexity index is 574. The maximum atomic E-state index is 13.3. The van der Waals surface area contributed by atoms with Crippen LogP contribution in [0.3, 0.4) is 0 Å². The highest BCUT2D eigenvalue weighted by Gasteiger charge is 2.45. The minimum Gasteiger partial charge on any atom is -0.450 e. The first-order chi connectivity index (χ1) is 11.7. The fourth-order valence-corrected chi connectivity index (χ4v) is 3.97. The molecule has 130 valence electrons. The Morgan fingerprint density at radius 3 is 2.17 bits per heavy atom. The molecule has 0 N–H and O–H groups in total.